The van der Waals surface area contributed by atoms with E-state index >= 15 is 0 Å². The fourth-order valence-electron chi connectivity index (χ4n) is 2.11. The third-order valence-corrected chi connectivity index (χ3v) is 3.28. The molecule has 3 rings (SSSR count). The third kappa shape index (κ3) is 1.98. The Bertz CT molecular complexity index is 810. The molecule has 0 amide bonds. The van der Waals surface area contributed by atoms with Gasteiger partial charge in [0, 0.05) is 16.0 Å². The molecule has 0 fully saturated rings. The summed E-state index contributed by atoms with van der Waals surface area (Å²) in [7, 11) is 0. The molecular weight excluding hydrogens is 276 g/mol. The van der Waals surface area contributed by atoms with E-state index in [0.717, 1.165) is 10.9 Å². The summed E-state index contributed by atoms with van der Waals surface area (Å²) < 4.78 is 1.72. The maximum atomic E-state index is 8.89. The standard InChI is InChI=1S/C14H11ClN4O/c15-10-5-6-11(14(16)18-20)13(7-10)19-12-4-2-1-3-9(12)8-17-19/h1-8,20H,(H2,16,18). The Morgan fingerprint density at radius 3 is 2.85 bits per heavy atom. The lowest BCUT2D eigenvalue weighted by molar-refractivity contribution is 0.318. The zero-order chi connectivity index (χ0) is 14.1. The average Bonchev–Trinajstić information content (AvgIpc) is 2.90. The van der Waals surface area contributed by atoms with E-state index in [1.165, 1.54) is 0 Å². The molecule has 0 radical (unpaired) electrons. The van der Waals surface area contributed by atoms with Crippen molar-refractivity contribution >= 4 is 28.3 Å². The molecule has 3 N–H and O–H groups in total. The number of nitrogens with two attached hydrogens (primary N) is 1. The molecule has 0 unspecified atom stereocenters. The molecule has 1 aromatic heterocycles. The first-order chi connectivity index (χ1) is 9.70. The van der Waals surface area contributed by atoms with Crippen LogP contribution in [0.4, 0.5) is 0 Å². The van der Waals surface area contributed by atoms with Crippen LogP contribution in [0.15, 0.2) is 53.8 Å². The van der Waals surface area contributed by atoms with Crippen LogP contribution in [-0.2, 0) is 0 Å². The van der Waals surface area contributed by atoms with Gasteiger partial charge in [0.05, 0.1) is 17.4 Å². The van der Waals surface area contributed by atoms with Gasteiger partial charge >= 0.3 is 0 Å². The number of aromatic nitrogens is 2. The number of hydrogen-bond donors (Lipinski definition) is 2. The number of fused-ring (bicyclic) bond motifs is 1. The van der Waals surface area contributed by atoms with E-state index in [4.69, 9.17) is 22.5 Å². The van der Waals surface area contributed by atoms with Gasteiger partial charge in [0.25, 0.3) is 0 Å². The molecule has 3 aromatic rings. The van der Waals surface area contributed by atoms with Crippen LogP contribution in [0.3, 0.4) is 0 Å². The quantitative estimate of drug-likeness (QED) is 0.329. The molecule has 0 saturated carbocycles. The second-order valence-electron chi connectivity index (χ2n) is 4.26. The number of para-hydroxylation sites is 1. The van der Waals surface area contributed by atoms with E-state index in [9.17, 15) is 0 Å². The highest BCUT2D eigenvalue weighted by Gasteiger charge is 2.12. The van der Waals surface area contributed by atoms with Crippen molar-refractivity contribution in [2.75, 3.05) is 0 Å². The van der Waals surface area contributed by atoms with Crippen LogP contribution in [0.25, 0.3) is 16.6 Å². The largest absolute Gasteiger partial charge is 0.409 e. The lowest BCUT2D eigenvalue weighted by Gasteiger charge is -2.10. The molecule has 1 heterocycles. The van der Waals surface area contributed by atoms with Gasteiger partial charge < -0.3 is 10.9 Å². The predicted molar refractivity (Wildman–Crippen MR) is 78.6 cm³/mol. The van der Waals surface area contributed by atoms with Crippen LogP contribution < -0.4 is 5.73 Å². The number of rotatable bonds is 2. The van der Waals surface area contributed by atoms with Gasteiger partial charge in [-0.1, -0.05) is 35.0 Å². The minimum atomic E-state index is 0.0104. The predicted octanol–water partition coefficient (Wildman–Crippen LogP) is 2.77. The Labute approximate surface area is 119 Å². The van der Waals surface area contributed by atoms with Crippen molar-refractivity contribution in [3.8, 4) is 5.69 Å². The smallest absolute Gasteiger partial charge is 0.172 e. The summed E-state index contributed by atoms with van der Waals surface area (Å²) in [4.78, 5) is 0. The third-order valence-electron chi connectivity index (χ3n) is 3.05. The van der Waals surface area contributed by atoms with Crippen LogP contribution in [0.2, 0.25) is 5.02 Å². The molecule has 100 valence electrons. The molecule has 20 heavy (non-hydrogen) atoms. The van der Waals surface area contributed by atoms with Gasteiger partial charge in [0.15, 0.2) is 5.84 Å². The van der Waals surface area contributed by atoms with E-state index in [1.807, 2.05) is 24.3 Å². The van der Waals surface area contributed by atoms with E-state index in [-0.39, 0.29) is 5.84 Å². The van der Waals surface area contributed by atoms with Crippen LogP contribution in [0.1, 0.15) is 5.56 Å². The Hall–Kier alpha value is -2.53. The normalized spacial score (nSPS) is 11.9. The molecule has 0 spiro atoms. The Morgan fingerprint density at radius 2 is 2.05 bits per heavy atom. The van der Waals surface area contributed by atoms with Crippen LogP contribution in [-0.4, -0.2) is 20.8 Å². The Morgan fingerprint density at radius 1 is 1.25 bits per heavy atom. The van der Waals surface area contributed by atoms with Crippen LogP contribution in [0.5, 0.6) is 0 Å². The van der Waals surface area contributed by atoms with Gasteiger partial charge in [-0.05, 0) is 24.3 Å². The van der Waals surface area contributed by atoms with Crippen LogP contribution >= 0.6 is 11.6 Å². The lowest BCUT2D eigenvalue weighted by atomic mass is 10.1. The highest BCUT2D eigenvalue weighted by atomic mass is 35.5. The first-order valence-corrected chi connectivity index (χ1v) is 6.29. The fraction of sp³-hybridized carbons (Fsp3) is 0. The molecule has 5 nitrogen and oxygen atoms in total. The molecule has 0 aliphatic heterocycles. The Kier molecular flexibility index (Phi) is 3.04. The van der Waals surface area contributed by atoms with Gasteiger partial charge in [-0.25, -0.2) is 4.68 Å². The van der Waals surface area contributed by atoms with Crippen molar-refractivity contribution in [1.29, 1.82) is 0 Å². The maximum Gasteiger partial charge on any atom is 0.172 e. The van der Waals surface area contributed by atoms with Crippen molar-refractivity contribution in [1.82, 2.24) is 9.78 Å². The van der Waals surface area contributed by atoms with Gasteiger partial charge in [0.2, 0.25) is 0 Å². The number of oxime groups is 1. The summed E-state index contributed by atoms with van der Waals surface area (Å²) in [5.74, 6) is 0.0104. The average molecular weight is 287 g/mol. The minimum absolute atomic E-state index is 0.0104. The Balaban J connectivity index is 2.31. The van der Waals surface area contributed by atoms with E-state index < -0.39 is 0 Å². The molecule has 6 heteroatoms. The minimum Gasteiger partial charge on any atom is -0.409 e. The highest BCUT2D eigenvalue weighted by molar-refractivity contribution is 6.31. The second kappa shape index (κ2) is 4.86. The zero-order valence-corrected chi connectivity index (χ0v) is 11.1. The van der Waals surface area contributed by atoms with Gasteiger partial charge in [-0.2, -0.15) is 5.10 Å². The molecule has 0 aliphatic rings. The topological polar surface area (TPSA) is 76.4 Å². The zero-order valence-electron chi connectivity index (χ0n) is 10.4. The summed E-state index contributed by atoms with van der Waals surface area (Å²) in [5.41, 5.74) is 7.85. The van der Waals surface area contributed by atoms with E-state index in [2.05, 4.69) is 10.3 Å². The van der Waals surface area contributed by atoms with Crippen molar-refractivity contribution in [2.24, 2.45) is 10.9 Å². The number of nitrogens with zero attached hydrogens (tertiary/aromatic N) is 3. The summed E-state index contributed by atoms with van der Waals surface area (Å²) in [6.07, 6.45) is 1.76. The maximum absolute atomic E-state index is 8.89. The van der Waals surface area contributed by atoms with Gasteiger partial charge in [-0.15, -0.1) is 0 Å². The fourth-order valence-corrected chi connectivity index (χ4v) is 2.28. The summed E-state index contributed by atoms with van der Waals surface area (Å²) in [6.45, 7) is 0. The SMILES string of the molecule is NC(=NO)c1ccc(Cl)cc1-n1ncc2ccccc21. The monoisotopic (exact) mass is 286 g/mol. The molecule has 0 saturated heterocycles. The molecule has 0 bridgehead atoms. The van der Waals surface area contributed by atoms with Gasteiger partial charge in [0.1, 0.15) is 0 Å². The number of amidine groups is 1. The summed E-state index contributed by atoms with van der Waals surface area (Å²) in [5, 5.41) is 17.8. The van der Waals surface area contributed by atoms with Crippen molar-refractivity contribution < 1.29 is 5.21 Å². The van der Waals surface area contributed by atoms with Crippen LogP contribution in [0, 0.1) is 0 Å². The molecule has 0 aliphatic carbocycles. The van der Waals surface area contributed by atoms with Gasteiger partial charge in [-0.3, -0.25) is 0 Å². The summed E-state index contributed by atoms with van der Waals surface area (Å²) in [6, 6.07) is 12.9. The lowest BCUT2D eigenvalue weighted by Crippen LogP contribution is -2.16. The molecule has 2 aromatic carbocycles. The number of benzene rings is 2. The first-order valence-electron chi connectivity index (χ1n) is 5.91. The summed E-state index contributed by atoms with van der Waals surface area (Å²) >= 11 is 6.05. The van der Waals surface area contributed by atoms with Crippen molar-refractivity contribution in [3.05, 3.63) is 59.2 Å². The second-order valence-corrected chi connectivity index (χ2v) is 4.70. The van der Waals surface area contributed by atoms with E-state index in [1.54, 1.807) is 29.1 Å². The highest BCUT2D eigenvalue weighted by Crippen LogP contribution is 2.23. The number of hydrogen-bond acceptors (Lipinski definition) is 3. The number of halogens is 1. The first kappa shape index (κ1) is 12.5. The molecular formula is C14H11ClN4O. The van der Waals surface area contributed by atoms with E-state index in [0.29, 0.717) is 16.3 Å². The van der Waals surface area contributed by atoms with Crippen molar-refractivity contribution in [3.63, 3.8) is 0 Å². The van der Waals surface area contributed by atoms with Crippen molar-refractivity contribution in [2.45, 2.75) is 0 Å². The molecule has 0 atom stereocenters.